The summed E-state index contributed by atoms with van der Waals surface area (Å²) in [6, 6.07) is 0. The number of aldehydes is 1. The molecule has 0 bridgehead atoms. The molecule has 0 unspecified atom stereocenters. The summed E-state index contributed by atoms with van der Waals surface area (Å²) in [5.41, 5.74) is 0.765. The first-order valence-electron chi connectivity index (χ1n) is 10.9. The minimum atomic E-state index is -1.24. The molecular formula is C24H32O8. The second-order valence-corrected chi connectivity index (χ2v) is 8.49. The van der Waals surface area contributed by atoms with Crippen LogP contribution >= 0.6 is 0 Å². The Labute approximate surface area is 188 Å². The average Bonchev–Trinajstić information content (AvgIpc) is 3.04. The van der Waals surface area contributed by atoms with Crippen LogP contribution in [0.4, 0.5) is 0 Å². The lowest BCUT2D eigenvalue weighted by Gasteiger charge is -2.34. The molecule has 8 heteroatoms. The van der Waals surface area contributed by atoms with Gasteiger partial charge in [-0.1, -0.05) is 40.3 Å². The van der Waals surface area contributed by atoms with Crippen LogP contribution in [0.5, 0.6) is 0 Å². The summed E-state index contributed by atoms with van der Waals surface area (Å²) in [6.07, 6.45) is 1.72. The number of fused-ring (bicyclic) bond motifs is 1. The fourth-order valence-corrected chi connectivity index (χ4v) is 3.56. The number of ether oxygens (including phenoxy) is 3. The maximum atomic E-state index is 12.8. The van der Waals surface area contributed by atoms with Gasteiger partial charge in [0.15, 0.2) is 12.2 Å². The molecule has 1 aliphatic carbocycles. The number of allylic oxidation sites excluding steroid dienone is 1. The molecule has 1 heterocycles. The van der Waals surface area contributed by atoms with E-state index in [9.17, 15) is 24.3 Å². The first-order valence-corrected chi connectivity index (χ1v) is 10.9. The minimum Gasteiger partial charge on any atom is -0.457 e. The first-order chi connectivity index (χ1) is 15.1. The van der Waals surface area contributed by atoms with Crippen molar-refractivity contribution in [1.82, 2.24) is 0 Å². The molecule has 2 aliphatic rings. The molecule has 1 aliphatic heterocycles. The number of aliphatic hydroxyl groups is 1. The van der Waals surface area contributed by atoms with Crippen LogP contribution in [-0.2, 0) is 33.4 Å². The summed E-state index contributed by atoms with van der Waals surface area (Å²) < 4.78 is 16.9. The second kappa shape index (κ2) is 11.2. The van der Waals surface area contributed by atoms with Gasteiger partial charge in [-0.15, -0.1) is 0 Å². The fraction of sp³-hybridized carbons (Fsp3) is 0.583. The van der Waals surface area contributed by atoms with Crippen molar-refractivity contribution < 1.29 is 38.5 Å². The molecule has 1 N–H and O–H groups in total. The lowest BCUT2D eigenvalue weighted by atomic mass is 9.83. The number of hydrogen-bond acceptors (Lipinski definition) is 8. The van der Waals surface area contributed by atoms with Gasteiger partial charge < -0.3 is 19.3 Å². The lowest BCUT2D eigenvalue weighted by molar-refractivity contribution is -0.174. The smallest absolute Gasteiger partial charge is 0.334 e. The Bertz CT molecular complexity index is 822. The summed E-state index contributed by atoms with van der Waals surface area (Å²) in [5, 5.41) is 9.72. The van der Waals surface area contributed by atoms with E-state index in [1.54, 1.807) is 32.9 Å². The highest BCUT2D eigenvalue weighted by molar-refractivity contribution is 5.91. The molecule has 0 aromatic heterocycles. The molecule has 0 amide bonds. The maximum absolute atomic E-state index is 12.8. The van der Waals surface area contributed by atoms with E-state index in [1.165, 1.54) is 0 Å². The van der Waals surface area contributed by atoms with E-state index < -0.39 is 54.0 Å². The maximum Gasteiger partial charge on any atom is 0.334 e. The van der Waals surface area contributed by atoms with Gasteiger partial charge in [0.05, 0.1) is 24.4 Å². The minimum absolute atomic E-state index is 0.0434. The van der Waals surface area contributed by atoms with Crippen molar-refractivity contribution in [1.29, 1.82) is 0 Å². The Balaban J connectivity index is 2.65. The van der Waals surface area contributed by atoms with E-state index in [4.69, 9.17) is 14.2 Å². The van der Waals surface area contributed by atoms with Crippen LogP contribution in [0.25, 0.3) is 0 Å². The van der Waals surface area contributed by atoms with Crippen molar-refractivity contribution in [2.45, 2.75) is 65.3 Å². The zero-order valence-electron chi connectivity index (χ0n) is 19.0. The van der Waals surface area contributed by atoms with Gasteiger partial charge in [-0.3, -0.25) is 14.4 Å². The van der Waals surface area contributed by atoms with Crippen LogP contribution in [0.2, 0.25) is 0 Å². The topological polar surface area (TPSA) is 116 Å². The molecule has 1 fully saturated rings. The van der Waals surface area contributed by atoms with Gasteiger partial charge >= 0.3 is 17.9 Å². The van der Waals surface area contributed by atoms with Crippen molar-refractivity contribution in [2.24, 2.45) is 17.8 Å². The Morgan fingerprint density at radius 3 is 2.53 bits per heavy atom. The van der Waals surface area contributed by atoms with Crippen molar-refractivity contribution in [3.05, 3.63) is 35.5 Å². The summed E-state index contributed by atoms with van der Waals surface area (Å²) in [6.45, 7) is 10.4. The van der Waals surface area contributed by atoms with Crippen molar-refractivity contribution in [2.75, 3.05) is 6.61 Å². The zero-order chi connectivity index (χ0) is 24.0. The highest BCUT2D eigenvalue weighted by atomic mass is 16.6. The van der Waals surface area contributed by atoms with Gasteiger partial charge in [0.1, 0.15) is 12.4 Å². The third-order valence-corrected chi connectivity index (χ3v) is 5.81. The molecule has 176 valence electrons. The molecule has 8 nitrogen and oxygen atoms in total. The molecule has 2 rings (SSSR count). The number of aliphatic hydroxyl groups excluding tert-OH is 1. The zero-order valence-corrected chi connectivity index (χ0v) is 19.0. The van der Waals surface area contributed by atoms with E-state index in [-0.39, 0.29) is 17.8 Å². The van der Waals surface area contributed by atoms with E-state index in [1.807, 2.05) is 6.92 Å². The molecule has 5 atom stereocenters. The standard InChI is InChI=1S/C24H32O8/c1-6-14(4)23(28)32-21-19-15(5)24(29)30-18(19)10-16(11-25)8-7-9-17(12-26)20(21)31-22(27)13(2)3/h9-10,12-14,18-21,25H,5-8,11H2,1-4H3/b16-10-,17-9-/t14-,18-,19+,20-,21+/m1/s1. The van der Waals surface area contributed by atoms with Crippen molar-refractivity contribution >= 4 is 24.2 Å². The Hall–Kier alpha value is -2.74. The van der Waals surface area contributed by atoms with Gasteiger partial charge in [0.2, 0.25) is 0 Å². The number of carbonyl (C=O) groups excluding carboxylic acids is 4. The Morgan fingerprint density at radius 2 is 1.97 bits per heavy atom. The molecule has 0 aromatic rings. The van der Waals surface area contributed by atoms with Crippen LogP contribution in [0.1, 0.15) is 47.0 Å². The Kier molecular flexibility index (Phi) is 8.95. The van der Waals surface area contributed by atoms with Gasteiger partial charge in [-0.2, -0.15) is 0 Å². The molecule has 0 aromatic carbocycles. The van der Waals surface area contributed by atoms with E-state index in [0.717, 1.165) is 0 Å². The van der Waals surface area contributed by atoms with Crippen LogP contribution in [0, 0.1) is 17.8 Å². The van der Waals surface area contributed by atoms with Gasteiger partial charge in [-0.25, -0.2) is 4.79 Å². The summed E-state index contributed by atoms with van der Waals surface area (Å²) in [5.74, 6) is -3.66. The Morgan fingerprint density at radius 1 is 1.28 bits per heavy atom. The van der Waals surface area contributed by atoms with Crippen LogP contribution in [0.15, 0.2) is 35.5 Å². The van der Waals surface area contributed by atoms with Crippen LogP contribution in [0.3, 0.4) is 0 Å². The summed E-state index contributed by atoms with van der Waals surface area (Å²) in [7, 11) is 0. The highest BCUT2D eigenvalue weighted by Gasteiger charge is 2.50. The third-order valence-electron chi connectivity index (χ3n) is 5.81. The number of rotatable bonds is 7. The average molecular weight is 449 g/mol. The summed E-state index contributed by atoms with van der Waals surface area (Å²) in [4.78, 5) is 49.7. The number of esters is 3. The van der Waals surface area contributed by atoms with Gasteiger partial charge in [-0.05, 0) is 30.9 Å². The van der Waals surface area contributed by atoms with E-state index >= 15 is 0 Å². The summed E-state index contributed by atoms with van der Waals surface area (Å²) >= 11 is 0. The first kappa shape index (κ1) is 25.5. The molecule has 0 radical (unpaired) electrons. The van der Waals surface area contributed by atoms with Gasteiger partial charge in [0.25, 0.3) is 0 Å². The van der Waals surface area contributed by atoms with Crippen molar-refractivity contribution in [3.63, 3.8) is 0 Å². The predicted octanol–water partition coefficient (Wildman–Crippen LogP) is 2.45. The molecule has 0 spiro atoms. The number of carbonyl (C=O) groups is 4. The van der Waals surface area contributed by atoms with Crippen LogP contribution < -0.4 is 0 Å². The van der Waals surface area contributed by atoms with Crippen LogP contribution in [-0.4, -0.2) is 54.2 Å². The van der Waals surface area contributed by atoms with Crippen molar-refractivity contribution in [3.8, 4) is 0 Å². The van der Waals surface area contributed by atoms with E-state index in [2.05, 4.69) is 6.58 Å². The fourth-order valence-electron chi connectivity index (χ4n) is 3.56. The molecule has 1 saturated heterocycles. The number of hydrogen-bond donors (Lipinski definition) is 1. The quantitative estimate of drug-likeness (QED) is 0.208. The SMILES string of the molecule is C=C1C(=O)O[C@@H]2/C=C(\CO)CC/C=C(/C=O)[C@@H](OC(=O)C(C)C)[C@@H](OC(=O)[C@H](C)CC)[C@@H]12. The molecule has 32 heavy (non-hydrogen) atoms. The largest absolute Gasteiger partial charge is 0.457 e. The van der Waals surface area contributed by atoms with E-state index in [0.29, 0.717) is 31.1 Å². The monoisotopic (exact) mass is 448 g/mol. The normalized spacial score (nSPS) is 30.2. The predicted molar refractivity (Wildman–Crippen MR) is 115 cm³/mol. The highest BCUT2D eigenvalue weighted by Crippen LogP contribution is 2.37. The molecule has 0 saturated carbocycles. The molecular weight excluding hydrogens is 416 g/mol. The second-order valence-electron chi connectivity index (χ2n) is 8.49. The lowest BCUT2D eigenvalue weighted by Crippen LogP contribution is -2.46. The van der Waals surface area contributed by atoms with Gasteiger partial charge in [0, 0.05) is 11.1 Å². The third kappa shape index (κ3) is 5.73.